The quantitative estimate of drug-likeness (QED) is 0.116. The number of hydrogen-bond acceptors (Lipinski definition) is 9. The normalized spacial score (nSPS) is 13.9. The van der Waals surface area contributed by atoms with Crippen LogP contribution in [-0.4, -0.2) is 51.8 Å². The number of hydrogen-bond donors (Lipinski definition) is 3. The summed E-state index contributed by atoms with van der Waals surface area (Å²) in [6.07, 6.45) is 5.08. The van der Waals surface area contributed by atoms with E-state index in [-0.39, 0.29) is 92.8 Å². The molecule has 0 bridgehead atoms. The molecule has 0 atom stereocenters. The summed E-state index contributed by atoms with van der Waals surface area (Å²) in [5, 5.41) is 6.08. The van der Waals surface area contributed by atoms with E-state index in [1.54, 1.807) is 0 Å². The van der Waals surface area contributed by atoms with Gasteiger partial charge in [-0.05, 0) is 60.5 Å². The summed E-state index contributed by atoms with van der Waals surface area (Å²) in [6, 6.07) is 7.37. The van der Waals surface area contributed by atoms with Gasteiger partial charge in [0.05, 0.1) is 16.0 Å². The standard InChI is InChI=1S/C19H21N3O8S4.2Na/c1-32(23,24)22-16-7-5-13(18(11-16)34(28,29)30)3-2-12-4-6-15(10-17(12)33(25,26)27)21-19(31)20-14-8-9-14;;/h2-7,10-11,14,22H,8-9H2,1H3,(H2,20,21,31)(H,25,26,27)(H,28,29,30);;/q;2*+1/p-2/b3-2+;;. The van der Waals surface area contributed by atoms with Crippen LogP contribution in [0.4, 0.5) is 11.4 Å². The molecule has 184 valence electrons. The molecule has 0 aromatic heterocycles. The first-order valence-corrected chi connectivity index (χ1v) is 14.7. The monoisotopic (exact) mass is 591 g/mol. The summed E-state index contributed by atoms with van der Waals surface area (Å²) in [5.74, 6) is 0. The minimum Gasteiger partial charge on any atom is -0.744 e. The van der Waals surface area contributed by atoms with Gasteiger partial charge >= 0.3 is 59.1 Å². The van der Waals surface area contributed by atoms with Crippen molar-refractivity contribution >= 4 is 71.1 Å². The zero-order chi connectivity index (χ0) is 25.3. The molecule has 0 unspecified atom stereocenters. The molecule has 1 aliphatic rings. The Labute approximate surface area is 259 Å². The fourth-order valence-corrected chi connectivity index (χ4v) is 5.12. The molecule has 0 aliphatic heterocycles. The van der Waals surface area contributed by atoms with E-state index in [1.165, 1.54) is 18.2 Å². The molecule has 1 aliphatic carbocycles. The van der Waals surface area contributed by atoms with Crippen LogP contribution in [0.5, 0.6) is 0 Å². The number of anilines is 2. The average Bonchev–Trinajstić information content (AvgIpc) is 3.48. The fourth-order valence-electron chi connectivity index (χ4n) is 2.89. The van der Waals surface area contributed by atoms with E-state index in [9.17, 15) is 34.4 Å². The Hall–Kier alpha value is -0.560. The third-order valence-electron chi connectivity index (χ3n) is 4.48. The molecule has 0 heterocycles. The Morgan fingerprint density at radius 3 is 1.72 bits per heavy atom. The summed E-state index contributed by atoms with van der Waals surface area (Å²) in [7, 11) is -13.7. The molecule has 0 radical (unpaired) electrons. The smallest absolute Gasteiger partial charge is 0.744 e. The van der Waals surface area contributed by atoms with Gasteiger partial charge in [0.15, 0.2) is 5.11 Å². The van der Waals surface area contributed by atoms with E-state index in [0.717, 1.165) is 49.4 Å². The minimum absolute atomic E-state index is 0. The molecular formula is C19H19N3Na2O8S4. The van der Waals surface area contributed by atoms with Crippen LogP contribution in [-0.2, 0) is 30.3 Å². The molecule has 1 saturated carbocycles. The van der Waals surface area contributed by atoms with Crippen LogP contribution in [0.2, 0.25) is 0 Å². The maximum Gasteiger partial charge on any atom is 1.00 e. The molecule has 2 aromatic rings. The molecule has 0 saturated heterocycles. The van der Waals surface area contributed by atoms with E-state index in [1.807, 2.05) is 0 Å². The van der Waals surface area contributed by atoms with E-state index >= 15 is 0 Å². The van der Waals surface area contributed by atoms with Gasteiger partial charge in [-0.15, -0.1) is 0 Å². The predicted molar refractivity (Wildman–Crippen MR) is 129 cm³/mol. The van der Waals surface area contributed by atoms with Crippen LogP contribution < -0.4 is 74.5 Å². The van der Waals surface area contributed by atoms with E-state index < -0.39 is 40.1 Å². The van der Waals surface area contributed by atoms with Gasteiger partial charge in [0.25, 0.3) is 0 Å². The molecule has 11 nitrogen and oxygen atoms in total. The second-order valence-corrected chi connectivity index (χ2v) is 12.3. The molecule has 3 rings (SSSR count). The van der Waals surface area contributed by atoms with Gasteiger partial charge in [-0.1, -0.05) is 24.3 Å². The zero-order valence-electron chi connectivity index (χ0n) is 19.5. The molecule has 0 amide bonds. The molecule has 3 N–H and O–H groups in total. The first-order chi connectivity index (χ1) is 15.6. The fraction of sp³-hybridized carbons (Fsp3) is 0.211. The molecule has 2 aromatic carbocycles. The number of thiocarbonyl (C=S) groups is 1. The van der Waals surface area contributed by atoms with Crippen LogP contribution in [0, 0.1) is 0 Å². The Balaban J connectivity index is 0.00000324. The molecule has 36 heavy (non-hydrogen) atoms. The first kappa shape index (κ1) is 33.5. The van der Waals surface area contributed by atoms with Crippen molar-refractivity contribution in [3.8, 4) is 0 Å². The number of sulfonamides is 1. The van der Waals surface area contributed by atoms with Gasteiger partial charge in [0, 0.05) is 17.4 Å². The second kappa shape index (κ2) is 13.0. The van der Waals surface area contributed by atoms with Gasteiger partial charge < -0.3 is 19.7 Å². The van der Waals surface area contributed by atoms with Crippen LogP contribution in [0.3, 0.4) is 0 Å². The summed E-state index contributed by atoms with van der Waals surface area (Å²) in [4.78, 5) is -1.33. The van der Waals surface area contributed by atoms with E-state index in [4.69, 9.17) is 12.2 Å². The first-order valence-electron chi connectivity index (χ1n) is 9.55. The molecule has 17 heteroatoms. The SMILES string of the molecule is CS(=O)(=O)Nc1ccc(/C=C/c2ccc(NC(=S)NC3CC3)cc2S(=O)(=O)[O-])c(S(=O)(=O)[O-])c1.[Na+].[Na+]. The Bertz CT molecular complexity index is 1490. The Morgan fingerprint density at radius 1 is 0.861 bits per heavy atom. The van der Waals surface area contributed by atoms with Crippen LogP contribution in [0.1, 0.15) is 24.0 Å². The van der Waals surface area contributed by atoms with Crippen molar-refractivity contribution in [2.45, 2.75) is 28.7 Å². The van der Waals surface area contributed by atoms with Crippen molar-refractivity contribution in [3.63, 3.8) is 0 Å². The number of rotatable bonds is 8. The summed E-state index contributed by atoms with van der Waals surface area (Å²) < 4.78 is 95.4. The number of benzene rings is 2. The Kier molecular flexibility index (Phi) is 12.1. The maximum atomic E-state index is 11.8. The van der Waals surface area contributed by atoms with E-state index in [2.05, 4.69) is 15.4 Å². The van der Waals surface area contributed by atoms with Crippen molar-refractivity contribution in [1.29, 1.82) is 0 Å². The van der Waals surface area contributed by atoms with Gasteiger partial charge in [-0.3, -0.25) is 4.72 Å². The average molecular weight is 592 g/mol. The second-order valence-electron chi connectivity index (χ2n) is 7.49. The minimum atomic E-state index is -5.03. The van der Waals surface area contributed by atoms with Crippen molar-refractivity contribution in [2.75, 3.05) is 16.3 Å². The molecule has 1 fully saturated rings. The zero-order valence-corrected chi connectivity index (χ0v) is 26.8. The maximum absolute atomic E-state index is 11.8. The predicted octanol–water partition coefficient (Wildman–Crippen LogP) is -4.51. The van der Waals surface area contributed by atoms with E-state index in [0.29, 0.717) is 0 Å². The molecular weight excluding hydrogens is 572 g/mol. The topological polar surface area (TPSA) is 185 Å². The van der Waals surface area contributed by atoms with Gasteiger partial charge in [-0.2, -0.15) is 0 Å². The summed E-state index contributed by atoms with van der Waals surface area (Å²) >= 11 is 5.14. The summed E-state index contributed by atoms with van der Waals surface area (Å²) in [6.45, 7) is 0. The largest absolute Gasteiger partial charge is 1.00 e. The molecule has 0 spiro atoms. The van der Waals surface area contributed by atoms with Gasteiger partial charge in [0.2, 0.25) is 10.0 Å². The van der Waals surface area contributed by atoms with Gasteiger partial charge in [-0.25, -0.2) is 25.3 Å². The number of nitrogens with one attached hydrogen (secondary N) is 3. The van der Waals surface area contributed by atoms with Crippen LogP contribution >= 0.6 is 12.2 Å². The van der Waals surface area contributed by atoms with Crippen molar-refractivity contribution in [1.82, 2.24) is 5.32 Å². The van der Waals surface area contributed by atoms with Crippen LogP contribution in [0.25, 0.3) is 12.2 Å². The van der Waals surface area contributed by atoms with Crippen LogP contribution in [0.15, 0.2) is 46.2 Å². The van der Waals surface area contributed by atoms with Crippen molar-refractivity contribution in [3.05, 3.63) is 47.5 Å². The third-order valence-corrected chi connectivity index (χ3v) is 7.09. The Morgan fingerprint density at radius 2 is 1.31 bits per heavy atom. The summed E-state index contributed by atoms with van der Waals surface area (Å²) in [5.41, 5.74) is -0.0960. The van der Waals surface area contributed by atoms with Crippen molar-refractivity contribution in [2.24, 2.45) is 0 Å². The van der Waals surface area contributed by atoms with Crippen molar-refractivity contribution < 1.29 is 93.5 Å². The third kappa shape index (κ3) is 10.3. The van der Waals surface area contributed by atoms with Gasteiger partial charge in [0.1, 0.15) is 20.2 Å².